The fourth-order valence-electron chi connectivity index (χ4n) is 3.37. The first kappa shape index (κ1) is 32.2. The molecule has 0 aliphatic carbocycles. The average Bonchev–Trinajstić information content (AvgIpc) is 2.81. The number of hydrogen-bond donors (Lipinski definition) is 1. The Bertz CT molecular complexity index is 674. The van der Waals surface area contributed by atoms with Gasteiger partial charge < -0.3 is 24.3 Å². The predicted octanol–water partition coefficient (Wildman–Crippen LogP) is 4.50. The quantitative estimate of drug-likeness (QED) is 0.113. The summed E-state index contributed by atoms with van der Waals surface area (Å²) in [7, 11) is 0. The van der Waals surface area contributed by atoms with Gasteiger partial charge >= 0.3 is 24.0 Å². The highest BCUT2D eigenvalue weighted by molar-refractivity contribution is 5.81. The van der Waals surface area contributed by atoms with Crippen LogP contribution in [0.1, 0.15) is 72.1 Å². The van der Waals surface area contributed by atoms with Gasteiger partial charge in [0.05, 0.1) is 26.4 Å². The van der Waals surface area contributed by atoms with Gasteiger partial charge in [0.2, 0.25) is 0 Å². The van der Waals surface area contributed by atoms with Gasteiger partial charge in [-0.25, -0.2) is 14.4 Å². The molecule has 9 heteroatoms. The Morgan fingerprint density at radius 1 is 0.800 bits per heavy atom. The van der Waals surface area contributed by atoms with Gasteiger partial charge in [-0.05, 0) is 49.9 Å². The zero-order valence-electron chi connectivity index (χ0n) is 21.6. The maximum absolute atomic E-state index is 11.9. The second kappa shape index (κ2) is 19.5. The van der Waals surface area contributed by atoms with E-state index in [1.54, 1.807) is 0 Å². The van der Waals surface area contributed by atoms with E-state index >= 15 is 0 Å². The van der Waals surface area contributed by atoms with Gasteiger partial charge in [0.25, 0.3) is 0 Å². The molecule has 0 aromatic heterocycles. The lowest BCUT2D eigenvalue weighted by molar-refractivity contribution is -0.144. The van der Waals surface area contributed by atoms with Crippen LogP contribution in [-0.4, -0.2) is 57.0 Å². The van der Waals surface area contributed by atoms with Crippen LogP contribution in [0.2, 0.25) is 0 Å². The third kappa shape index (κ3) is 20.3. The van der Waals surface area contributed by atoms with Crippen molar-refractivity contribution >= 4 is 24.0 Å². The van der Waals surface area contributed by atoms with Crippen molar-refractivity contribution in [2.24, 2.45) is 11.3 Å². The standard InChI is InChI=1S/C26H43NO8/c1-6-22(28)32-15-8-9-17-34-24(30)14-12-13-21(3)19-26(4,5)20-27-25(31)35-18-11-10-16-33-23(29)7-2/h6-7,21H,1-2,8-20H2,3-5H3,(H,27,31). The summed E-state index contributed by atoms with van der Waals surface area (Å²) < 4.78 is 20.1. The summed E-state index contributed by atoms with van der Waals surface area (Å²) in [4.78, 5) is 45.6. The third-order valence-electron chi connectivity index (χ3n) is 5.09. The largest absolute Gasteiger partial charge is 0.466 e. The number of rotatable bonds is 20. The Labute approximate surface area is 209 Å². The monoisotopic (exact) mass is 497 g/mol. The number of nitrogens with one attached hydrogen (secondary N) is 1. The molecule has 0 rings (SSSR count). The van der Waals surface area contributed by atoms with Crippen LogP contribution in [0.4, 0.5) is 4.79 Å². The highest BCUT2D eigenvalue weighted by atomic mass is 16.6. The number of alkyl carbamates (subject to hydrolysis) is 1. The Balaban J connectivity index is 3.83. The van der Waals surface area contributed by atoms with Gasteiger partial charge in [0.1, 0.15) is 0 Å². The molecule has 0 spiro atoms. The molecular formula is C26H43NO8. The number of unbranched alkanes of at least 4 members (excludes halogenated alkanes) is 2. The van der Waals surface area contributed by atoms with E-state index in [-0.39, 0.29) is 31.2 Å². The summed E-state index contributed by atoms with van der Waals surface area (Å²) >= 11 is 0. The van der Waals surface area contributed by atoms with Crippen molar-refractivity contribution < 1.29 is 38.1 Å². The van der Waals surface area contributed by atoms with E-state index in [0.717, 1.165) is 31.4 Å². The topological polar surface area (TPSA) is 117 Å². The van der Waals surface area contributed by atoms with Crippen molar-refractivity contribution in [1.82, 2.24) is 5.32 Å². The van der Waals surface area contributed by atoms with E-state index in [4.69, 9.17) is 18.9 Å². The number of hydrogen-bond acceptors (Lipinski definition) is 8. The summed E-state index contributed by atoms with van der Waals surface area (Å²) in [6.07, 6.45) is 7.13. The van der Waals surface area contributed by atoms with Crippen LogP contribution in [-0.2, 0) is 33.3 Å². The molecule has 0 fully saturated rings. The van der Waals surface area contributed by atoms with Crippen molar-refractivity contribution in [2.75, 3.05) is 33.0 Å². The molecule has 200 valence electrons. The molecule has 35 heavy (non-hydrogen) atoms. The van der Waals surface area contributed by atoms with Crippen LogP contribution in [0.3, 0.4) is 0 Å². The van der Waals surface area contributed by atoms with E-state index < -0.39 is 18.0 Å². The molecule has 0 aliphatic heterocycles. The van der Waals surface area contributed by atoms with Gasteiger partial charge in [0.15, 0.2) is 0 Å². The minimum Gasteiger partial charge on any atom is -0.466 e. The molecule has 0 aliphatic rings. The summed E-state index contributed by atoms with van der Waals surface area (Å²) in [6, 6.07) is 0. The van der Waals surface area contributed by atoms with E-state index in [0.29, 0.717) is 51.2 Å². The molecule has 0 aromatic rings. The van der Waals surface area contributed by atoms with E-state index in [2.05, 4.69) is 39.2 Å². The fourth-order valence-corrected chi connectivity index (χ4v) is 3.37. The maximum atomic E-state index is 11.9. The first-order valence-corrected chi connectivity index (χ1v) is 12.2. The summed E-state index contributed by atoms with van der Waals surface area (Å²) in [5.41, 5.74) is -0.118. The first-order valence-electron chi connectivity index (χ1n) is 12.2. The SMILES string of the molecule is C=CC(=O)OCCCCOC(=O)CCCC(C)CC(C)(C)CNC(=O)OCCCCOC(=O)C=C. The van der Waals surface area contributed by atoms with Crippen LogP contribution >= 0.6 is 0 Å². The van der Waals surface area contributed by atoms with E-state index in [9.17, 15) is 19.2 Å². The second-order valence-corrected chi connectivity index (χ2v) is 9.23. The van der Waals surface area contributed by atoms with Crippen molar-refractivity contribution in [3.8, 4) is 0 Å². The minimum absolute atomic E-state index is 0.118. The van der Waals surface area contributed by atoms with Gasteiger partial charge in [-0.3, -0.25) is 4.79 Å². The number of ether oxygens (including phenoxy) is 4. The molecule has 0 bridgehead atoms. The van der Waals surface area contributed by atoms with Gasteiger partial charge in [-0.1, -0.05) is 40.3 Å². The predicted molar refractivity (Wildman–Crippen MR) is 133 cm³/mol. The lowest BCUT2D eigenvalue weighted by Gasteiger charge is -2.28. The zero-order chi connectivity index (χ0) is 26.5. The van der Waals surface area contributed by atoms with Crippen molar-refractivity contribution in [3.05, 3.63) is 25.3 Å². The molecule has 1 amide bonds. The number of carbonyl (C=O) groups is 4. The average molecular weight is 498 g/mol. The second-order valence-electron chi connectivity index (χ2n) is 9.23. The lowest BCUT2D eigenvalue weighted by atomic mass is 9.81. The molecule has 0 heterocycles. The molecule has 0 saturated carbocycles. The van der Waals surface area contributed by atoms with Crippen LogP contribution in [0.15, 0.2) is 25.3 Å². The number of esters is 3. The Kier molecular flexibility index (Phi) is 17.9. The van der Waals surface area contributed by atoms with Crippen LogP contribution in [0.25, 0.3) is 0 Å². The lowest BCUT2D eigenvalue weighted by Crippen LogP contribution is -2.35. The van der Waals surface area contributed by atoms with Crippen LogP contribution in [0.5, 0.6) is 0 Å². The van der Waals surface area contributed by atoms with Crippen molar-refractivity contribution in [1.29, 1.82) is 0 Å². The molecule has 0 aromatic carbocycles. The molecule has 1 atom stereocenters. The summed E-state index contributed by atoms with van der Waals surface area (Å²) in [5, 5.41) is 2.80. The zero-order valence-corrected chi connectivity index (χ0v) is 21.6. The van der Waals surface area contributed by atoms with Crippen LogP contribution < -0.4 is 5.32 Å². The molecule has 0 radical (unpaired) electrons. The summed E-state index contributed by atoms with van der Waals surface area (Å²) in [6.45, 7) is 14.6. The first-order chi connectivity index (χ1) is 16.6. The molecule has 9 nitrogen and oxygen atoms in total. The van der Waals surface area contributed by atoms with Gasteiger partial charge in [-0.15, -0.1) is 0 Å². The highest BCUT2D eigenvalue weighted by Crippen LogP contribution is 2.27. The van der Waals surface area contributed by atoms with Crippen LogP contribution in [0, 0.1) is 11.3 Å². The van der Waals surface area contributed by atoms with E-state index in [1.807, 2.05) is 0 Å². The van der Waals surface area contributed by atoms with Crippen molar-refractivity contribution in [3.63, 3.8) is 0 Å². The Hall–Kier alpha value is -2.84. The van der Waals surface area contributed by atoms with Gasteiger partial charge in [-0.2, -0.15) is 0 Å². The fraction of sp³-hybridized carbons (Fsp3) is 0.692. The molecule has 1 unspecified atom stereocenters. The Morgan fingerprint density at radius 3 is 1.80 bits per heavy atom. The number of amides is 1. The molecule has 1 N–H and O–H groups in total. The van der Waals surface area contributed by atoms with Crippen molar-refractivity contribution in [2.45, 2.75) is 72.1 Å². The number of carbonyl (C=O) groups excluding carboxylic acids is 4. The maximum Gasteiger partial charge on any atom is 0.407 e. The Morgan fingerprint density at radius 2 is 1.29 bits per heavy atom. The minimum atomic E-state index is -0.463. The van der Waals surface area contributed by atoms with E-state index in [1.165, 1.54) is 0 Å². The summed E-state index contributed by atoms with van der Waals surface area (Å²) in [5.74, 6) is -0.749. The normalized spacial score (nSPS) is 11.6. The highest BCUT2D eigenvalue weighted by Gasteiger charge is 2.22. The smallest absolute Gasteiger partial charge is 0.407 e. The third-order valence-corrected chi connectivity index (χ3v) is 5.09. The molecule has 0 saturated heterocycles. The molecular weight excluding hydrogens is 454 g/mol. The van der Waals surface area contributed by atoms with Gasteiger partial charge in [0, 0.05) is 25.1 Å².